The fourth-order valence-electron chi connectivity index (χ4n) is 2.41. The third-order valence-electron chi connectivity index (χ3n) is 3.81. The largest absolute Gasteiger partial charge is 0.489 e. The molecule has 0 bridgehead atoms. The summed E-state index contributed by atoms with van der Waals surface area (Å²) in [5.74, 6) is -0.657. The van der Waals surface area contributed by atoms with Crippen molar-refractivity contribution in [2.24, 2.45) is 0 Å². The van der Waals surface area contributed by atoms with Crippen molar-refractivity contribution < 1.29 is 26.5 Å². The van der Waals surface area contributed by atoms with Crippen LogP contribution in [-0.4, -0.2) is 13.6 Å². The molecule has 0 atom stereocenters. The molecule has 0 radical (unpaired) electrons. The summed E-state index contributed by atoms with van der Waals surface area (Å²) in [6.07, 6.45) is 0. The van der Waals surface area contributed by atoms with Crippen molar-refractivity contribution in [3.63, 3.8) is 0 Å². The second kappa shape index (κ2) is 7.36. The Morgan fingerprint density at radius 1 is 1.07 bits per heavy atom. The zero-order chi connectivity index (χ0) is 19.6. The van der Waals surface area contributed by atoms with Crippen molar-refractivity contribution in [3.05, 3.63) is 71.1 Å². The van der Waals surface area contributed by atoms with E-state index >= 15 is 0 Å². The second-order valence-electron chi connectivity index (χ2n) is 5.83. The van der Waals surface area contributed by atoms with E-state index in [0.717, 1.165) is 23.4 Å². The van der Waals surface area contributed by atoms with Crippen molar-refractivity contribution in [2.45, 2.75) is 25.3 Å². The molecule has 0 saturated carbocycles. The molecule has 0 aliphatic heterocycles. The van der Waals surface area contributed by atoms with Gasteiger partial charge >= 0.3 is 0 Å². The SMILES string of the molecule is Cc1noc(C)c1COc1ccc(S(=O)(=O)Nc2cc(F)cc(F)c2)cc1. The number of rotatable bonds is 6. The average Bonchev–Trinajstić information content (AvgIpc) is 2.90. The fourth-order valence-corrected chi connectivity index (χ4v) is 3.45. The molecule has 0 fully saturated rings. The van der Waals surface area contributed by atoms with Crippen LogP contribution in [0.4, 0.5) is 14.5 Å². The molecule has 0 aliphatic rings. The molecule has 3 rings (SSSR count). The molecular weight excluding hydrogens is 378 g/mol. The molecule has 0 spiro atoms. The summed E-state index contributed by atoms with van der Waals surface area (Å²) in [6.45, 7) is 3.80. The van der Waals surface area contributed by atoms with E-state index in [2.05, 4.69) is 9.88 Å². The minimum absolute atomic E-state index is 0.0724. The van der Waals surface area contributed by atoms with Crippen LogP contribution in [0.25, 0.3) is 0 Å². The first-order chi connectivity index (χ1) is 12.7. The zero-order valence-electron chi connectivity index (χ0n) is 14.5. The number of sulfonamides is 1. The number of ether oxygens (including phenoxy) is 1. The molecule has 1 N–H and O–H groups in total. The van der Waals surface area contributed by atoms with Gasteiger partial charge in [0.1, 0.15) is 29.8 Å². The van der Waals surface area contributed by atoms with Gasteiger partial charge in [-0.25, -0.2) is 17.2 Å². The van der Waals surface area contributed by atoms with Crippen LogP contribution >= 0.6 is 0 Å². The van der Waals surface area contributed by atoms with Gasteiger partial charge in [0.2, 0.25) is 0 Å². The molecule has 0 amide bonds. The van der Waals surface area contributed by atoms with Crippen LogP contribution in [0.3, 0.4) is 0 Å². The number of aromatic nitrogens is 1. The topological polar surface area (TPSA) is 81.4 Å². The minimum atomic E-state index is -4.00. The van der Waals surface area contributed by atoms with Gasteiger partial charge in [-0.2, -0.15) is 0 Å². The van der Waals surface area contributed by atoms with Gasteiger partial charge in [0.25, 0.3) is 10.0 Å². The first kappa shape index (κ1) is 18.8. The van der Waals surface area contributed by atoms with Crippen molar-refractivity contribution in [2.75, 3.05) is 4.72 Å². The molecule has 0 unspecified atom stereocenters. The predicted molar refractivity (Wildman–Crippen MR) is 93.9 cm³/mol. The smallest absolute Gasteiger partial charge is 0.261 e. The summed E-state index contributed by atoms with van der Waals surface area (Å²) >= 11 is 0. The Balaban J connectivity index is 1.72. The van der Waals surface area contributed by atoms with Crippen LogP contribution < -0.4 is 9.46 Å². The first-order valence-electron chi connectivity index (χ1n) is 7.88. The lowest BCUT2D eigenvalue weighted by Gasteiger charge is -2.10. The third kappa shape index (κ3) is 4.43. The molecule has 3 aromatic rings. The molecule has 0 saturated heterocycles. The number of nitrogens with one attached hydrogen (secondary N) is 1. The van der Waals surface area contributed by atoms with E-state index in [0.29, 0.717) is 17.6 Å². The fraction of sp³-hybridized carbons (Fsp3) is 0.167. The quantitative estimate of drug-likeness (QED) is 0.685. The maximum Gasteiger partial charge on any atom is 0.261 e. The lowest BCUT2D eigenvalue weighted by Crippen LogP contribution is -2.13. The van der Waals surface area contributed by atoms with Crippen LogP contribution in [0, 0.1) is 25.5 Å². The van der Waals surface area contributed by atoms with Gasteiger partial charge in [-0.15, -0.1) is 0 Å². The highest BCUT2D eigenvalue weighted by Crippen LogP contribution is 2.22. The number of hydrogen-bond donors (Lipinski definition) is 1. The van der Waals surface area contributed by atoms with Crippen LogP contribution in [0.15, 0.2) is 51.9 Å². The van der Waals surface area contributed by atoms with Crippen molar-refractivity contribution in [1.29, 1.82) is 0 Å². The Morgan fingerprint density at radius 2 is 1.70 bits per heavy atom. The third-order valence-corrected chi connectivity index (χ3v) is 5.21. The first-order valence-corrected chi connectivity index (χ1v) is 9.36. The number of nitrogens with zero attached hydrogens (tertiary/aromatic N) is 1. The monoisotopic (exact) mass is 394 g/mol. The highest BCUT2D eigenvalue weighted by atomic mass is 32.2. The van der Waals surface area contributed by atoms with E-state index in [1.54, 1.807) is 13.8 Å². The van der Waals surface area contributed by atoms with Crippen LogP contribution in [0.2, 0.25) is 0 Å². The highest BCUT2D eigenvalue weighted by molar-refractivity contribution is 7.92. The van der Waals surface area contributed by atoms with E-state index in [9.17, 15) is 17.2 Å². The van der Waals surface area contributed by atoms with E-state index in [1.165, 1.54) is 24.3 Å². The maximum atomic E-state index is 13.2. The molecule has 1 aromatic heterocycles. The minimum Gasteiger partial charge on any atom is -0.489 e. The number of halogens is 2. The number of aryl methyl sites for hydroxylation is 2. The van der Waals surface area contributed by atoms with Crippen LogP contribution in [0.1, 0.15) is 17.0 Å². The molecule has 1 heterocycles. The standard InChI is InChI=1S/C18H16F2N2O4S/c1-11-18(12(2)26-21-11)10-25-16-3-5-17(6-4-16)27(23,24)22-15-8-13(19)7-14(20)9-15/h3-9,22H,10H2,1-2H3. The van der Waals surface area contributed by atoms with Gasteiger partial charge < -0.3 is 9.26 Å². The molecule has 6 nitrogen and oxygen atoms in total. The Bertz CT molecular complexity index is 1020. The Hall–Kier alpha value is -2.94. The van der Waals surface area contributed by atoms with Gasteiger partial charge in [0.05, 0.1) is 21.8 Å². The number of benzene rings is 2. The summed E-state index contributed by atoms with van der Waals surface area (Å²) in [5, 5.41) is 3.83. The summed E-state index contributed by atoms with van der Waals surface area (Å²) < 4.78 is 63.9. The maximum absolute atomic E-state index is 13.2. The van der Waals surface area contributed by atoms with Gasteiger partial charge in [-0.1, -0.05) is 5.16 Å². The van der Waals surface area contributed by atoms with Crippen LogP contribution in [0.5, 0.6) is 5.75 Å². The predicted octanol–water partition coefficient (Wildman–Crippen LogP) is 3.95. The van der Waals surface area contributed by atoms with Crippen LogP contribution in [-0.2, 0) is 16.6 Å². The lowest BCUT2D eigenvalue weighted by molar-refractivity contribution is 0.301. The summed E-state index contributed by atoms with van der Waals surface area (Å²) in [7, 11) is -4.00. The van der Waals surface area contributed by atoms with Gasteiger partial charge in [0.15, 0.2) is 0 Å². The molecule has 2 aromatic carbocycles. The molecule has 27 heavy (non-hydrogen) atoms. The van der Waals surface area contributed by atoms with Crippen molar-refractivity contribution >= 4 is 15.7 Å². The summed E-state index contributed by atoms with van der Waals surface area (Å²) in [6, 6.07) is 8.07. The summed E-state index contributed by atoms with van der Waals surface area (Å²) in [5.41, 5.74) is 1.34. The summed E-state index contributed by atoms with van der Waals surface area (Å²) in [4.78, 5) is -0.0724. The molecular formula is C18H16F2N2O4S. The normalized spacial score (nSPS) is 11.4. The Labute approximate surface area is 154 Å². The van der Waals surface area contributed by atoms with E-state index in [4.69, 9.17) is 9.26 Å². The molecule has 142 valence electrons. The molecule has 9 heteroatoms. The van der Waals surface area contributed by atoms with Crippen molar-refractivity contribution in [3.8, 4) is 5.75 Å². The Morgan fingerprint density at radius 3 is 2.26 bits per heavy atom. The van der Waals surface area contributed by atoms with Crippen molar-refractivity contribution in [1.82, 2.24) is 5.16 Å². The molecule has 0 aliphatic carbocycles. The average molecular weight is 394 g/mol. The van der Waals surface area contributed by atoms with Gasteiger partial charge in [-0.3, -0.25) is 4.72 Å². The van der Waals surface area contributed by atoms with Gasteiger partial charge in [-0.05, 0) is 50.2 Å². The number of anilines is 1. The lowest BCUT2D eigenvalue weighted by atomic mass is 10.2. The van der Waals surface area contributed by atoms with Gasteiger partial charge in [0, 0.05) is 6.07 Å². The second-order valence-corrected chi connectivity index (χ2v) is 7.51. The Kier molecular flexibility index (Phi) is 5.13. The van der Waals surface area contributed by atoms with E-state index in [-0.39, 0.29) is 17.2 Å². The van der Waals surface area contributed by atoms with E-state index < -0.39 is 21.7 Å². The highest BCUT2D eigenvalue weighted by Gasteiger charge is 2.16. The zero-order valence-corrected chi connectivity index (χ0v) is 15.3. The van der Waals surface area contributed by atoms with E-state index in [1.807, 2.05) is 0 Å². The number of hydrogen-bond acceptors (Lipinski definition) is 5.